The Labute approximate surface area is 141 Å². The molecule has 0 radical (unpaired) electrons. The third kappa shape index (κ3) is 2.98. The summed E-state index contributed by atoms with van der Waals surface area (Å²) in [5.41, 5.74) is 1.49. The molecular formula is C17H12N4O4. The van der Waals surface area contributed by atoms with Gasteiger partial charge in [0.15, 0.2) is 5.75 Å². The van der Waals surface area contributed by atoms with Gasteiger partial charge in [-0.25, -0.2) is 4.98 Å². The summed E-state index contributed by atoms with van der Waals surface area (Å²) < 4.78 is 4.96. The Balaban J connectivity index is 2.12. The van der Waals surface area contributed by atoms with Crippen LogP contribution in [0, 0.1) is 21.4 Å². The lowest BCUT2D eigenvalue weighted by Gasteiger charge is -2.05. The molecule has 0 amide bonds. The fourth-order valence-corrected chi connectivity index (χ4v) is 2.39. The minimum atomic E-state index is -0.720. The molecule has 0 aliphatic carbocycles. The molecule has 2 aromatic carbocycles. The zero-order chi connectivity index (χ0) is 18.0. The van der Waals surface area contributed by atoms with Crippen LogP contribution >= 0.6 is 0 Å². The van der Waals surface area contributed by atoms with Gasteiger partial charge in [-0.1, -0.05) is 12.1 Å². The van der Waals surface area contributed by atoms with E-state index in [-0.39, 0.29) is 11.3 Å². The Bertz CT molecular complexity index is 1010. The summed E-state index contributed by atoms with van der Waals surface area (Å²) in [5.74, 6) is -0.271. The van der Waals surface area contributed by atoms with Gasteiger partial charge in [0.05, 0.1) is 28.6 Å². The standard InChI is InChI=1S/C17H12N4O4/c1-25-15-8-10(7-14(16(15)22)21(23)24)6-11(9-18)17-19-12-4-2-3-5-13(12)20-17/h2-8,22H,1H3,(H,19,20)/b11-6+. The molecule has 3 aromatic rings. The van der Waals surface area contributed by atoms with E-state index in [0.717, 1.165) is 11.6 Å². The van der Waals surface area contributed by atoms with Crippen molar-refractivity contribution < 1.29 is 14.8 Å². The van der Waals surface area contributed by atoms with Crippen LogP contribution in [-0.2, 0) is 0 Å². The zero-order valence-corrected chi connectivity index (χ0v) is 13.1. The van der Waals surface area contributed by atoms with E-state index in [0.29, 0.717) is 16.9 Å². The number of phenols is 1. The summed E-state index contributed by atoms with van der Waals surface area (Å²) in [4.78, 5) is 17.7. The third-order valence-electron chi connectivity index (χ3n) is 3.57. The fourth-order valence-electron chi connectivity index (χ4n) is 2.39. The average molecular weight is 336 g/mol. The van der Waals surface area contributed by atoms with Crippen molar-refractivity contribution in [3.8, 4) is 17.6 Å². The summed E-state index contributed by atoms with van der Waals surface area (Å²) in [5, 5.41) is 30.3. The second-order valence-corrected chi connectivity index (χ2v) is 5.12. The quantitative estimate of drug-likeness (QED) is 0.428. The molecule has 3 rings (SSSR count). The van der Waals surface area contributed by atoms with Crippen LogP contribution in [0.3, 0.4) is 0 Å². The smallest absolute Gasteiger partial charge is 0.315 e. The first kappa shape index (κ1) is 16.0. The number of fused-ring (bicyclic) bond motifs is 1. The van der Waals surface area contributed by atoms with Crippen molar-refractivity contribution in [2.75, 3.05) is 7.11 Å². The molecule has 0 aliphatic rings. The Kier molecular flexibility index (Phi) is 4.05. The minimum absolute atomic E-state index is 0.0534. The van der Waals surface area contributed by atoms with E-state index in [1.165, 1.54) is 19.3 Å². The number of phenolic OH excluding ortho intramolecular Hbond substituents is 1. The highest BCUT2D eigenvalue weighted by Crippen LogP contribution is 2.37. The van der Waals surface area contributed by atoms with Crippen LogP contribution < -0.4 is 4.74 Å². The number of rotatable bonds is 4. The molecule has 0 atom stereocenters. The number of imidazole rings is 1. The lowest BCUT2D eigenvalue weighted by molar-refractivity contribution is -0.386. The molecule has 1 aromatic heterocycles. The Hall–Kier alpha value is -3.86. The predicted molar refractivity (Wildman–Crippen MR) is 90.9 cm³/mol. The maximum Gasteiger partial charge on any atom is 0.315 e. The summed E-state index contributed by atoms with van der Waals surface area (Å²) in [7, 11) is 1.29. The highest BCUT2D eigenvalue weighted by molar-refractivity contribution is 5.90. The van der Waals surface area contributed by atoms with Crippen molar-refractivity contribution in [3.05, 3.63) is 57.9 Å². The first-order valence-corrected chi connectivity index (χ1v) is 7.15. The number of methoxy groups -OCH3 is 1. The number of benzene rings is 2. The first-order chi connectivity index (χ1) is 12.0. The van der Waals surface area contributed by atoms with Crippen molar-refractivity contribution >= 4 is 28.4 Å². The van der Waals surface area contributed by atoms with E-state index in [1.54, 1.807) is 6.07 Å². The molecule has 8 nitrogen and oxygen atoms in total. The molecule has 0 aliphatic heterocycles. The summed E-state index contributed by atoms with van der Waals surface area (Å²) in [6.45, 7) is 0. The molecule has 2 N–H and O–H groups in total. The van der Waals surface area contributed by atoms with Crippen molar-refractivity contribution in [1.82, 2.24) is 9.97 Å². The van der Waals surface area contributed by atoms with Gasteiger partial charge in [0.2, 0.25) is 5.75 Å². The fraction of sp³-hybridized carbons (Fsp3) is 0.0588. The molecule has 0 unspecified atom stereocenters. The lowest BCUT2D eigenvalue weighted by Crippen LogP contribution is -1.93. The van der Waals surface area contributed by atoms with Crippen molar-refractivity contribution in [2.45, 2.75) is 0 Å². The normalized spacial score (nSPS) is 11.3. The highest BCUT2D eigenvalue weighted by Gasteiger charge is 2.20. The van der Waals surface area contributed by atoms with Gasteiger partial charge in [0.1, 0.15) is 11.9 Å². The number of nitrogens with one attached hydrogen (secondary N) is 1. The molecule has 0 fully saturated rings. The topological polar surface area (TPSA) is 125 Å². The number of aromatic nitrogens is 2. The molecule has 0 bridgehead atoms. The van der Waals surface area contributed by atoms with Crippen molar-refractivity contribution in [1.29, 1.82) is 5.26 Å². The van der Waals surface area contributed by atoms with Gasteiger partial charge >= 0.3 is 5.69 Å². The van der Waals surface area contributed by atoms with E-state index in [9.17, 15) is 20.5 Å². The van der Waals surface area contributed by atoms with Gasteiger partial charge in [-0.3, -0.25) is 10.1 Å². The SMILES string of the molecule is COc1cc(/C=C(\C#N)c2nc3ccccc3[nH]2)cc([N+](=O)[O-])c1O. The second kappa shape index (κ2) is 6.33. The maximum absolute atomic E-state index is 11.1. The zero-order valence-electron chi connectivity index (χ0n) is 13.1. The Morgan fingerprint density at radius 2 is 2.20 bits per heavy atom. The van der Waals surface area contributed by atoms with E-state index in [1.807, 2.05) is 24.3 Å². The highest BCUT2D eigenvalue weighted by atomic mass is 16.6. The van der Waals surface area contributed by atoms with Crippen LogP contribution in [0.25, 0.3) is 22.7 Å². The molecule has 25 heavy (non-hydrogen) atoms. The number of allylic oxidation sites excluding steroid dienone is 1. The van der Waals surface area contributed by atoms with Crippen LogP contribution in [0.1, 0.15) is 11.4 Å². The minimum Gasteiger partial charge on any atom is -0.500 e. The molecule has 0 saturated heterocycles. The number of aromatic amines is 1. The number of hydrogen-bond donors (Lipinski definition) is 2. The van der Waals surface area contributed by atoms with Gasteiger partial charge in [0.25, 0.3) is 0 Å². The van der Waals surface area contributed by atoms with Crippen molar-refractivity contribution in [2.24, 2.45) is 0 Å². The van der Waals surface area contributed by atoms with Crippen LogP contribution in [0.15, 0.2) is 36.4 Å². The molecular weight excluding hydrogens is 324 g/mol. The first-order valence-electron chi connectivity index (χ1n) is 7.15. The summed E-state index contributed by atoms with van der Waals surface area (Å²) in [6.07, 6.45) is 1.44. The van der Waals surface area contributed by atoms with E-state index in [4.69, 9.17) is 4.74 Å². The van der Waals surface area contributed by atoms with E-state index in [2.05, 4.69) is 9.97 Å². The number of para-hydroxylation sites is 2. The van der Waals surface area contributed by atoms with Gasteiger partial charge in [0, 0.05) is 6.07 Å². The number of H-pyrrole nitrogens is 1. The van der Waals surface area contributed by atoms with Gasteiger partial charge in [-0.15, -0.1) is 0 Å². The van der Waals surface area contributed by atoms with Crippen LogP contribution in [-0.4, -0.2) is 27.1 Å². The number of nitriles is 1. The second-order valence-electron chi connectivity index (χ2n) is 5.12. The van der Waals surface area contributed by atoms with E-state index < -0.39 is 16.4 Å². The van der Waals surface area contributed by atoms with Crippen molar-refractivity contribution in [3.63, 3.8) is 0 Å². The van der Waals surface area contributed by atoms with Crippen LogP contribution in [0.4, 0.5) is 5.69 Å². The van der Waals surface area contributed by atoms with Crippen LogP contribution in [0.2, 0.25) is 0 Å². The molecule has 8 heteroatoms. The number of hydrogen-bond acceptors (Lipinski definition) is 6. The monoisotopic (exact) mass is 336 g/mol. The molecule has 1 heterocycles. The van der Waals surface area contributed by atoms with Crippen LogP contribution in [0.5, 0.6) is 11.5 Å². The number of nitro groups is 1. The Morgan fingerprint density at radius 1 is 1.44 bits per heavy atom. The van der Waals surface area contributed by atoms with Gasteiger partial charge in [-0.05, 0) is 29.8 Å². The summed E-state index contributed by atoms with van der Waals surface area (Å²) in [6, 6.07) is 11.9. The Morgan fingerprint density at radius 3 is 2.84 bits per heavy atom. The number of ether oxygens (including phenoxy) is 1. The van der Waals surface area contributed by atoms with E-state index >= 15 is 0 Å². The average Bonchev–Trinajstić information content (AvgIpc) is 3.04. The molecule has 0 spiro atoms. The largest absolute Gasteiger partial charge is 0.500 e. The lowest BCUT2D eigenvalue weighted by atomic mass is 10.1. The van der Waals surface area contributed by atoms with Gasteiger partial charge < -0.3 is 14.8 Å². The molecule has 0 saturated carbocycles. The maximum atomic E-state index is 11.1. The number of nitrogens with zero attached hydrogens (tertiary/aromatic N) is 3. The number of nitro benzene ring substituents is 1. The number of aromatic hydroxyl groups is 1. The third-order valence-corrected chi connectivity index (χ3v) is 3.57. The van der Waals surface area contributed by atoms with Gasteiger partial charge in [-0.2, -0.15) is 5.26 Å². The summed E-state index contributed by atoms with van der Waals surface area (Å²) >= 11 is 0. The molecule has 124 valence electrons. The predicted octanol–water partition coefficient (Wildman–Crippen LogP) is 3.25.